The predicted molar refractivity (Wildman–Crippen MR) is 95.3 cm³/mol. The zero-order chi connectivity index (χ0) is 17.5. The average molecular weight is 323 g/mol. The second-order valence-electron chi connectivity index (χ2n) is 5.60. The molecular formula is C19H21N3O2. The SMILES string of the molecule is C=CCNC(=O)c1cccc(C(=O)Nc2ccccc2C(C)C)n1. The van der Waals surface area contributed by atoms with Crippen LogP contribution in [0.2, 0.25) is 0 Å². The standard InChI is InChI=1S/C19H21N3O2/c1-4-12-20-18(23)16-10-7-11-17(21-16)19(24)22-15-9-6-5-8-14(15)13(2)3/h4-11,13H,1,12H2,2-3H3,(H,20,23)(H,22,24). The first-order chi connectivity index (χ1) is 11.5. The van der Waals surface area contributed by atoms with Crippen LogP contribution in [0.5, 0.6) is 0 Å². The average Bonchev–Trinajstić information content (AvgIpc) is 2.60. The molecule has 0 spiro atoms. The normalized spacial score (nSPS) is 10.3. The molecule has 5 nitrogen and oxygen atoms in total. The lowest BCUT2D eigenvalue weighted by Gasteiger charge is -2.13. The minimum Gasteiger partial charge on any atom is -0.347 e. The lowest BCUT2D eigenvalue weighted by atomic mass is 10.0. The molecule has 24 heavy (non-hydrogen) atoms. The highest BCUT2D eigenvalue weighted by Gasteiger charge is 2.14. The van der Waals surface area contributed by atoms with Gasteiger partial charge in [0.25, 0.3) is 11.8 Å². The smallest absolute Gasteiger partial charge is 0.274 e. The van der Waals surface area contributed by atoms with Gasteiger partial charge in [0.15, 0.2) is 0 Å². The molecule has 1 heterocycles. The van der Waals surface area contributed by atoms with Gasteiger partial charge in [-0.1, -0.05) is 44.2 Å². The number of aromatic nitrogens is 1. The molecule has 0 aliphatic carbocycles. The van der Waals surface area contributed by atoms with Crippen molar-refractivity contribution >= 4 is 17.5 Å². The summed E-state index contributed by atoms with van der Waals surface area (Å²) in [7, 11) is 0. The van der Waals surface area contributed by atoms with Crippen LogP contribution in [0.3, 0.4) is 0 Å². The third kappa shape index (κ3) is 4.29. The Hall–Kier alpha value is -2.95. The Morgan fingerprint density at radius 3 is 2.42 bits per heavy atom. The van der Waals surface area contributed by atoms with Crippen LogP contribution in [0.15, 0.2) is 55.1 Å². The molecule has 0 fully saturated rings. The molecule has 0 radical (unpaired) electrons. The van der Waals surface area contributed by atoms with Gasteiger partial charge >= 0.3 is 0 Å². The molecule has 0 unspecified atom stereocenters. The van der Waals surface area contributed by atoms with Gasteiger partial charge in [0.2, 0.25) is 0 Å². The zero-order valence-electron chi connectivity index (χ0n) is 13.9. The molecule has 1 aromatic heterocycles. The molecule has 2 amide bonds. The number of benzene rings is 1. The third-order valence-corrected chi connectivity index (χ3v) is 3.45. The van der Waals surface area contributed by atoms with E-state index in [0.29, 0.717) is 6.54 Å². The van der Waals surface area contributed by atoms with Crippen LogP contribution < -0.4 is 10.6 Å². The minimum atomic E-state index is -0.346. The van der Waals surface area contributed by atoms with Crippen molar-refractivity contribution in [2.75, 3.05) is 11.9 Å². The largest absolute Gasteiger partial charge is 0.347 e. The van der Waals surface area contributed by atoms with Gasteiger partial charge < -0.3 is 10.6 Å². The monoisotopic (exact) mass is 323 g/mol. The maximum atomic E-state index is 12.5. The van der Waals surface area contributed by atoms with Gasteiger partial charge in [-0.3, -0.25) is 9.59 Å². The number of hydrogen-bond acceptors (Lipinski definition) is 3. The molecule has 0 aliphatic heterocycles. The molecular weight excluding hydrogens is 302 g/mol. The zero-order valence-corrected chi connectivity index (χ0v) is 13.9. The number of para-hydroxylation sites is 1. The molecule has 0 atom stereocenters. The van der Waals surface area contributed by atoms with Crippen molar-refractivity contribution < 1.29 is 9.59 Å². The van der Waals surface area contributed by atoms with E-state index in [1.807, 2.05) is 24.3 Å². The lowest BCUT2D eigenvalue weighted by molar-refractivity contribution is 0.0953. The minimum absolute atomic E-state index is 0.194. The first kappa shape index (κ1) is 17.4. The van der Waals surface area contributed by atoms with Crippen LogP contribution in [0.25, 0.3) is 0 Å². The predicted octanol–water partition coefficient (Wildman–Crippen LogP) is 3.37. The van der Waals surface area contributed by atoms with E-state index in [9.17, 15) is 9.59 Å². The molecule has 2 N–H and O–H groups in total. The number of rotatable bonds is 6. The molecule has 1 aromatic carbocycles. The summed E-state index contributed by atoms with van der Waals surface area (Å²) < 4.78 is 0. The second kappa shape index (κ2) is 8.06. The van der Waals surface area contributed by atoms with E-state index in [2.05, 4.69) is 36.0 Å². The van der Waals surface area contributed by atoms with Crippen molar-refractivity contribution in [3.63, 3.8) is 0 Å². The highest BCUT2D eigenvalue weighted by Crippen LogP contribution is 2.24. The van der Waals surface area contributed by atoms with Gasteiger partial charge in [0.05, 0.1) is 0 Å². The van der Waals surface area contributed by atoms with E-state index < -0.39 is 0 Å². The number of anilines is 1. The van der Waals surface area contributed by atoms with Gasteiger partial charge in [-0.05, 0) is 29.7 Å². The second-order valence-corrected chi connectivity index (χ2v) is 5.60. The maximum absolute atomic E-state index is 12.5. The van der Waals surface area contributed by atoms with Crippen LogP contribution in [0.1, 0.15) is 46.3 Å². The van der Waals surface area contributed by atoms with Crippen molar-refractivity contribution in [2.45, 2.75) is 19.8 Å². The molecule has 124 valence electrons. The van der Waals surface area contributed by atoms with Gasteiger partial charge in [0.1, 0.15) is 11.4 Å². The van der Waals surface area contributed by atoms with E-state index in [1.165, 1.54) is 0 Å². The van der Waals surface area contributed by atoms with Crippen molar-refractivity contribution in [1.82, 2.24) is 10.3 Å². The summed E-state index contributed by atoms with van der Waals surface area (Å²) in [5.41, 5.74) is 2.19. The third-order valence-electron chi connectivity index (χ3n) is 3.45. The first-order valence-electron chi connectivity index (χ1n) is 7.79. The number of nitrogens with zero attached hydrogens (tertiary/aromatic N) is 1. The number of carbonyl (C=O) groups is 2. The summed E-state index contributed by atoms with van der Waals surface area (Å²) in [4.78, 5) is 28.5. The van der Waals surface area contributed by atoms with Crippen LogP contribution in [0.4, 0.5) is 5.69 Å². The van der Waals surface area contributed by atoms with Gasteiger partial charge in [-0.2, -0.15) is 0 Å². The number of amides is 2. The van der Waals surface area contributed by atoms with Crippen molar-refractivity contribution in [3.05, 3.63) is 72.1 Å². The molecule has 0 aliphatic rings. The Morgan fingerprint density at radius 1 is 1.08 bits per heavy atom. The summed E-state index contributed by atoms with van der Waals surface area (Å²) in [5.74, 6) is -0.404. The highest BCUT2D eigenvalue weighted by atomic mass is 16.2. The molecule has 2 rings (SSSR count). The fraction of sp³-hybridized carbons (Fsp3) is 0.211. The van der Waals surface area contributed by atoms with Crippen LogP contribution >= 0.6 is 0 Å². The lowest BCUT2D eigenvalue weighted by Crippen LogP contribution is -2.25. The topological polar surface area (TPSA) is 71.1 Å². The van der Waals surface area contributed by atoms with Gasteiger partial charge in [-0.25, -0.2) is 4.98 Å². The molecule has 5 heteroatoms. The van der Waals surface area contributed by atoms with Gasteiger partial charge in [-0.15, -0.1) is 6.58 Å². The van der Waals surface area contributed by atoms with Crippen molar-refractivity contribution in [1.29, 1.82) is 0 Å². The Labute approximate surface area is 141 Å². The van der Waals surface area contributed by atoms with Crippen molar-refractivity contribution in [2.24, 2.45) is 0 Å². The van der Waals surface area contributed by atoms with Crippen molar-refractivity contribution in [3.8, 4) is 0 Å². The Bertz CT molecular complexity index is 754. The number of carbonyl (C=O) groups excluding carboxylic acids is 2. The molecule has 0 saturated carbocycles. The van der Waals surface area contributed by atoms with Crippen LogP contribution in [-0.4, -0.2) is 23.3 Å². The van der Waals surface area contributed by atoms with Gasteiger partial charge in [0, 0.05) is 12.2 Å². The Morgan fingerprint density at radius 2 is 1.75 bits per heavy atom. The summed E-state index contributed by atoms with van der Waals surface area (Å²) in [5, 5.41) is 5.51. The maximum Gasteiger partial charge on any atom is 0.274 e. The highest BCUT2D eigenvalue weighted by molar-refractivity contribution is 6.04. The van der Waals surface area contributed by atoms with E-state index >= 15 is 0 Å². The molecule has 0 saturated heterocycles. The number of hydrogen-bond donors (Lipinski definition) is 2. The van der Waals surface area contributed by atoms with Crippen LogP contribution in [0, 0.1) is 0 Å². The fourth-order valence-electron chi connectivity index (χ4n) is 2.24. The number of nitrogens with one attached hydrogen (secondary N) is 2. The Balaban J connectivity index is 2.19. The van der Waals surface area contributed by atoms with E-state index in [1.54, 1.807) is 24.3 Å². The summed E-state index contributed by atoms with van der Waals surface area (Å²) in [6.45, 7) is 8.01. The number of pyridine rings is 1. The summed E-state index contributed by atoms with van der Waals surface area (Å²) in [6, 6.07) is 12.4. The van der Waals surface area contributed by atoms with E-state index in [0.717, 1.165) is 11.3 Å². The Kier molecular flexibility index (Phi) is 5.84. The summed E-state index contributed by atoms with van der Waals surface area (Å²) in [6.07, 6.45) is 1.58. The van der Waals surface area contributed by atoms with Crippen LogP contribution in [-0.2, 0) is 0 Å². The van der Waals surface area contributed by atoms with E-state index in [-0.39, 0.29) is 29.1 Å². The quantitative estimate of drug-likeness (QED) is 0.801. The molecule has 2 aromatic rings. The fourth-order valence-corrected chi connectivity index (χ4v) is 2.24. The first-order valence-corrected chi connectivity index (χ1v) is 7.79. The van der Waals surface area contributed by atoms with E-state index in [4.69, 9.17) is 0 Å². The summed E-state index contributed by atoms with van der Waals surface area (Å²) >= 11 is 0. The molecule has 0 bridgehead atoms.